The van der Waals surface area contributed by atoms with Crippen LogP contribution in [-0.2, 0) is 16.0 Å². The number of methoxy groups -OCH3 is 1. The summed E-state index contributed by atoms with van der Waals surface area (Å²) in [5.41, 5.74) is 2.05. The van der Waals surface area contributed by atoms with Crippen molar-refractivity contribution in [3.05, 3.63) is 52.1 Å². The molecular formula is C15H14N2O3S. The van der Waals surface area contributed by atoms with Crippen LogP contribution in [0.2, 0.25) is 0 Å². The predicted octanol–water partition coefficient (Wildman–Crippen LogP) is 2.82. The number of para-hydroxylation sites is 1. The molecule has 0 amide bonds. The molecule has 0 aliphatic carbocycles. The van der Waals surface area contributed by atoms with Crippen LogP contribution in [-0.4, -0.2) is 28.8 Å². The Balaban J connectivity index is 0.00000176. The van der Waals surface area contributed by atoms with Gasteiger partial charge in [0.2, 0.25) is 5.78 Å². The summed E-state index contributed by atoms with van der Waals surface area (Å²) < 4.78 is 4.59. The molecule has 0 saturated heterocycles. The third-order valence-electron chi connectivity index (χ3n) is 3.13. The van der Waals surface area contributed by atoms with Crippen molar-refractivity contribution in [3.63, 3.8) is 0 Å². The van der Waals surface area contributed by atoms with Gasteiger partial charge in [0.1, 0.15) is 0 Å². The van der Waals surface area contributed by atoms with Crippen molar-refractivity contribution in [2.24, 2.45) is 0 Å². The number of carbonyl (C=O) groups is 2. The molecule has 0 radical (unpaired) electrons. The van der Waals surface area contributed by atoms with Crippen LogP contribution in [0.1, 0.15) is 22.5 Å². The summed E-state index contributed by atoms with van der Waals surface area (Å²) in [6.45, 7) is 0. The first-order valence-corrected chi connectivity index (χ1v) is 7.19. The Kier molecular flexibility index (Phi) is 3.53. The Bertz CT molecular complexity index is 825. The molecule has 0 bridgehead atoms. The van der Waals surface area contributed by atoms with Crippen molar-refractivity contribution in [3.8, 4) is 0 Å². The van der Waals surface area contributed by atoms with Crippen LogP contribution < -0.4 is 0 Å². The van der Waals surface area contributed by atoms with Gasteiger partial charge in [-0.2, -0.15) is 0 Å². The number of benzene rings is 1. The summed E-state index contributed by atoms with van der Waals surface area (Å²) in [4.78, 5) is 31.0. The fourth-order valence-electron chi connectivity index (χ4n) is 2.09. The number of H-pyrrole nitrogens is 1. The van der Waals surface area contributed by atoms with E-state index in [0.29, 0.717) is 16.3 Å². The highest BCUT2D eigenvalue weighted by atomic mass is 32.1. The zero-order valence-electron chi connectivity index (χ0n) is 11.3. The number of aromatic amines is 1. The van der Waals surface area contributed by atoms with E-state index in [0.717, 1.165) is 10.9 Å². The number of carbonyl (C=O) groups excluding carboxylic acids is 2. The van der Waals surface area contributed by atoms with Crippen LogP contribution in [0.15, 0.2) is 35.8 Å². The van der Waals surface area contributed by atoms with Gasteiger partial charge in [0.15, 0.2) is 5.01 Å². The second-order valence-electron chi connectivity index (χ2n) is 4.47. The standard InChI is InChI=1S/C15H12N2O3S.H2/c1-20-13(18)6-9-8-21-15(17-9)14(19)11-7-16-12-5-3-2-4-10(11)12;/h2-5,7-8,16H,6H2,1H3;1H. The Morgan fingerprint density at radius 1 is 1.38 bits per heavy atom. The second-order valence-corrected chi connectivity index (χ2v) is 5.33. The minimum absolute atomic E-state index is 0. The highest BCUT2D eigenvalue weighted by Crippen LogP contribution is 2.22. The normalized spacial score (nSPS) is 10.7. The molecule has 0 spiro atoms. The van der Waals surface area contributed by atoms with E-state index in [1.54, 1.807) is 11.6 Å². The topological polar surface area (TPSA) is 72.1 Å². The molecule has 0 saturated carbocycles. The number of aromatic nitrogens is 2. The Labute approximate surface area is 126 Å². The second kappa shape index (κ2) is 5.49. The Morgan fingerprint density at radius 3 is 3.00 bits per heavy atom. The number of hydrogen-bond donors (Lipinski definition) is 1. The first-order chi connectivity index (χ1) is 10.2. The molecule has 0 aliphatic rings. The van der Waals surface area contributed by atoms with Crippen molar-refractivity contribution in [1.82, 2.24) is 9.97 Å². The van der Waals surface area contributed by atoms with Crippen LogP contribution in [0, 0.1) is 0 Å². The molecule has 0 unspecified atom stereocenters. The van der Waals surface area contributed by atoms with E-state index in [1.807, 2.05) is 24.3 Å². The van der Waals surface area contributed by atoms with E-state index < -0.39 is 0 Å². The fourth-order valence-corrected chi connectivity index (χ4v) is 2.86. The third kappa shape index (κ3) is 2.57. The van der Waals surface area contributed by atoms with Gasteiger partial charge in [0.25, 0.3) is 0 Å². The van der Waals surface area contributed by atoms with Gasteiger partial charge in [-0.1, -0.05) is 18.2 Å². The van der Waals surface area contributed by atoms with E-state index in [9.17, 15) is 9.59 Å². The highest BCUT2D eigenvalue weighted by Gasteiger charge is 2.18. The van der Waals surface area contributed by atoms with Gasteiger partial charge in [0, 0.05) is 23.9 Å². The summed E-state index contributed by atoms with van der Waals surface area (Å²) in [7, 11) is 1.33. The minimum atomic E-state index is -0.369. The van der Waals surface area contributed by atoms with E-state index in [-0.39, 0.29) is 19.6 Å². The van der Waals surface area contributed by atoms with Crippen molar-refractivity contribution in [2.45, 2.75) is 6.42 Å². The van der Waals surface area contributed by atoms with Crippen molar-refractivity contribution in [2.75, 3.05) is 7.11 Å². The largest absolute Gasteiger partial charge is 0.469 e. The van der Waals surface area contributed by atoms with Crippen molar-refractivity contribution < 1.29 is 15.8 Å². The molecule has 0 aliphatic heterocycles. The maximum Gasteiger partial charge on any atom is 0.311 e. The first-order valence-electron chi connectivity index (χ1n) is 6.31. The minimum Gasteiger partial charge on any atom is -0.469 e. The maximum absolute atomic E-state index is 12.5. The first kappa shape index (κ1) is 13.5. The van der Waals surface area contributed by atoms with Crippen LogP contribution >= 0.6 is 11.3 Å². The van der Waals surface area contributed by atoms with Gasteiger partial charge >= 0.3 is 5.97 Å². The molecule has 2 aromatic heterocycles. The van der Waals surface area contributed by atoms with Gasteiger partial charge in [-0.25, -0.2) is 4.98 Å². The number of ketones is 1. The van der Waals surface area contributed by atoms with Crippen LogP contribution in [0.5, 0.6) is 0 Å². The van der Waals surface area contributed by atoms with Gasteiger partial charge in [-0.3, -0.25) is 9.59 Å². The zero-order chi connectivity index (χ0) is 14.8. The molecule has 21 heavy (non-hydrogen) atoms. The highest BCUT2D eigenvalue weighted by molar-refractivity contribution is 7.12. The lowest BCUT2D eigenvalue weighted by Gasteiger charge is -1.96. The molecule has 1 N–H and O–H groups in total. The number of thiazole rings is 1. The molecule has 0 atom stereocenters. The molecular weight excluding hydrogens is 288 g/mol. The monoisotopic (exact) mass is 302 g/mol. The third-order valence-corrected chi connectivity index (χ3v) is 4.02. The van der Waals surface area contributed by atoms with Crippen LogP contribution in [0.3, 0.4) is 0 Å². The van der Waals surface area contributed by atoms with E-state index in [1.165, 1.54) is 18.4 Å². The SMILES string of the molecule is COC(=O)Cc1csc(C(=O)c2c[nH]c3ccccc23)n1.[HH]. The molecule has 108 valence electrons. The number of nitrogens with zero attached hydrogens (tertiary/aromatic N) is 1. The number of rotatable bonds is 4. The van der Waals surface area contributed by atoms with Gasteiger partial charge in [-0.05, 0) is 6.07 Å². The molecule has 0 fully saturated rings. The average Bonchev–Trinajstić information content (AvgIpc) is 3.13. The Morgan fingerprint density at radius 2 is 2.19 bits per heavy atom. The number of nitrogens with one attached hydrogen (secondary N) is 1. The lowest BCUT2D eigenvalue weighted by Crippen LogP contribution is -2.06. The van der Waals surface area contributed by atoms with E-state index >= 15 is 0 Å². The summed E-state index contributed by atoms with van der Waals surface area (Å²) in [5.74, 6) is -0.514. The van der Waals surface area contributed by atoms with Crippen LogP contribution in [0.25, 0.3) is 10.9 Å². The molecule has 3 aromatic rings. The number of fused-ring (bicyclic) bond motifs is 1. The average molecular weight is 302 g/mol. The molecule has 1 aromatic carbocycles. The maximum atomic E-state index is 12.5. The smallest absolute Gasteiger partial charge is 0.311 e. The quantitative estimate of drug-likeness (QED) is 0.594. The molecule has 3 rings (SSSR count). The van der Waals surface area contributed by atoms with Crippen LogP contribution in [0.4, 0.5) is 0 Å². The van der Waals surface area contributed by atoms with Crippen molar-refractivity contribution >= 4 is 34.0 Å². The van der Waals surface area contributed by atoms with E-state index in [2.05, 4.69) is 14.7 Å². The number of esters is 1. The zero-order valence-corrected chi connectivity index (χ0v) is 12.1. The molecule has 2 heterocycles. The van der Waals surface area contributed by atoms with Gasteiger partial charge in [0.05, 0.1) is 24.8 Å². The fraction of sp³-hybridized carbons (Fsp3) is 0.133. The lowest BCUT2D eigenvalue weighted by molar-refractivity contribution is -0.139. The summed E-state index contributed by atoms with van der Waals surface area (Å²) in [6, 6.07) is 7.60. The lowest BCUT2D eigenvalue weighted by atomic mass is 10.1. The summed E-state index contributed by atoms with van der Waals surface area (Å²) >= 11 is 1.23. The molecule has 6 heteroatoms. The van der Waals surface area contributed by atoms with Gasteiger partial charge < -0.3 is 9.72 Å². The summed E-state index contributed by atoms with van der Waals surface area (Å²) in [6.07, 6.45) is 1.77. The van der Waals surface area contributed by atoms with Gasteiger partial charge in [-0.15, -0.1) is 11.3 Å². The number of hydrogen-bond acceptors (Lipinski definition) is 5. The van der Waals surface area contributed by atoms with E-state index in [4.69, 9.17) is 0 Å². The van der Waals surface area contributed by atoms with Crippen molar-refractivity contribution in [1.29, 1.82) is 0 Å². The predicted molar refractivity (Wildman–Crippen MR) is 81.7 cm³/mol. The summed E-state index contributed by atoms with van der Waals surface area (Å²) in [5, 5.41) is 2.95. The number of ether oxygens (including phenoxy) is 1. The Hall–Kier alpha value is -2.47. The molecule has 5 nitrogen and oxygen atoms in total.